The molecule has 2 rings (SSSR count). The van der Waals surface area contributed by atoms with E-state index in [1.54, 1.807) is 24.3 Å². The zero-order valence-electron chi connectivity index (χ0n) is 11.0. The first-order valence-electron chi connectivity index (χ1n) is 5.69. The number of benzene rings is 1. The van der Waals surface area contributed by atoms with Crippen molar-refractivity contribution in [3.8, 4) is 0 Å². The first kappa shape index (κ1) is 14.8. The van der Waals surface area contributed by atoms with E-state index in [4.69, 9.17) is 5.84 Å². The summed E-state index contributed by atoms with van der Waals surface area (Å²) in [5, 5.41) is 0.734. The number of sulfone groups is 1. The zero-order chi connectivity index (χ0) is 14.8. The largest absolute Gasteiger partial charge is 0.292 e. The lowest BCUT2D eigenvalue weighted by Crippen LogP contribution is -2.11. The SMILES string of the molecule is Cc1cc(Sc2ccc(S(C)(=O)=O)cc2)nc(NN)n1. The summed E-state index contributed by atoms with van der Waals surface area (Å²) in [6.07, 6.45) is 1.18. The van der Waals surface area contributed by atoms with Crippen molar-refractivity contribution in [2.45, 2.75) is 21.7 Å². The van der Waals surface area contributed by atoms with E-state index in [-0.39, 0.29) is 0 Å². The summed E-state index contributed by atoms with van der Waals surface area (Å²) in [7, 11) is -3.17. The summed E-state index contributed by atoms with van der Waals surface area (Å²) in [5.41, 5.74) is 3.20. The van der Waals surface area contributed by atoms with Crippen LogP contribution < -0.4 is 11.3 Å². The Kier molecular flexibility index (Phi) is 4.26. The van der Waals surface area contributed by atoms with Crippen molar-refractivity contribution >= 4 is 27.5 Å². The number of aromatic nitrogens is 2. The van der Waals surface area contributed by atoms with E-state index in [2.05, 4.69) is 15.4 Å². The Bertz CT molecular complexity index is 715. The van der Waals surface area contributed by atoms with Gasteiger partial charge in [0.15, 0.2) is 9.84 Å². The average molecular weight is 310 g/mol. The highest BCUT2D eigenvalue weighted by Gasteiger charge is 2.08. The van der Waals surface area contributed by atoms with E-state index < -0.39 is 9.84 Å². The maximum Gasteiger partial charge on any atom is 0.238 e. The molecule has 0 saturated carbocycles. The van der Waals surface area contributed by atoms with Crippen LogP contribution in [0.2, 0.25) is 0 Å². The van der Waals surface area contributed by atoms with Gasteiger partial charge in [0.1, 0.15) is 5.03 Å². The number of hydrazine groups is 1. The third-order valence-corrected chi connectivity index (χ3v) is 4.49. The highest BCUT2D eigenvalue weighted by atomic mass is 32.2. The molecule has 106 valence electrons. The van der Waals surface area contributed by atoms with Crippen molar-refractivity contribution in [3.63, 3.8) is 0 Å². The normalized spacial score (nSPS) is 11.3. The fraction of sp³-hybridized carbons (Fsp3) is 0.167. The lowest BCUT2D eigenvalue weighted by Gasteiger charge is -2.05. The van der Waals surface area contributed by atoms with Gasteiger partial charge in [0.2, 0.25) is 5.95 Å². The van der Waals surface area contributed by atoms with Gasteiger partial charge in [-0.3, -0.25) is 5.43 Å². The molecule has 0 unspecified atom stereocenters. The van der Waals surface area contributed by atoms with Crippen LogP contribution in [0, 0.1) is 6.92 Å². The van der Waals surface area contributed by atoms with Crippen molar-refractivity contribution in [1.82, 2.24) is 9.97 Å². The number of nitrogens with one attached hydrogen (secondary N) is 1. The van der Waals surface area contributed by atoms with Gasteiger partial charge in [-0.25, -0.2) is 24.2 Å². The Morgan fingerprint density at radius 1 is 1.20 bits per heavy atom. The predicted octanol–water partition coefficient (Wildman–Crippen LogP) is 1.63. The van der Waals surface area contributed by atoms with E-state index in [9.17, 15) is 8.42 Å². The van der Waals surface area contributed by atoms with Gasteiger partial charge in [-0.15, -0.1) is 0 Å². The minimum Gasteiger partial charge on any atom is -0.292 e. The lowest BCUT2D eigenvalue weighted by molar-refractivity contribution is 0.602. The standard InChI is InChI=1S/C12H14N4O2S2/c1-8-7-11(15-12(14-8)16-13)19-9-3-5-10(6-4-9)20(2,17)18/h3-7H,13H2,1-2H3,(H,14,15,16). The van der Waals surface area contributed by atoms with Crippen molar-refractivity contribution < 1.29 is 8.42 Å². The lowest BCUT2D eigenvalue weighted by atomic mass is 10.4. The molecule has 0 saturated heterocycles. The predicted molar refractivity (Wildman–Crippen MR) is 78.3 cm³/mol. The molecule has 20 heavy (non-hydrogen) atoms. The molecule has 0 radical (unpaired) electrons. The van der Waals surface area contributed by atoms with Crippen LogP contribution in [0.3, 0.4) is 0 Å². The summed E-state index contributed by atoms with van der Waals surface area (Å²) < 4.78 is 22.8. The zero-order valence-corrected chi connectivity index (χ0v) is 12.6. The van der Waals surface area contributed by atoms with E-state index in [0.717, 1.165) is 15.6 Å². The van der Waals surface area contributed by atoms with Crippen molar-refractivity contribution in [2.24, 2.45) is 5.84 Å². The topological polar surface area (TPSA) is 98.0 Å². The molecule has 0 spiro atoms. The summed E-state index contributed by atoms with van der Waals surface area (Å²) in [6.45, 7) is 1.85. The van der Waals surface area contributed by atoms with Crippen LogP contribution in [0.5, 0.6) is 0 Å². The fourth-order valence-electron chi connectivity index (χ4n) is 1.53. The number of nitrogens with two attached hydrogens (primary N) is 1. The summed E-state index contributed by atoms with van der Waals surface area (Å²) in [6, 6.07) is 8.47. The minimum atomic E-state index is -3.17. The molecule has 2 aromatic rings. The van der Waals surface area contributed by atoms with Crippen LogP contribution in [0.1, 0.15) is 5.69 Å². The molecule has 0 amide bonds. The first-order chi connectivity index (χ1) is 9.38. The van der Waals surface area contributed by atoms with Crippen molar-refractivity contribution in [1.29, 1.82) is 0 Å². The third-order valence-electron chi connectivity index (χ3n) is 2.43. The summed E-state index contributed by atoms with van der Waals surface area (Å²) in [5.74, 6) is 5.65. The second-order valence-electron chi connectivity index (χ2n) is 4.16. The Hall–Kier alpha value is -1.64. The Morgan fingerprint density at radius 3 is 2.40 bits per heavy atom. The third kappa shape index (κ3) is 3.69. The molecule has 3 N–H and O–H groups in total. The van der Waals surface area contributed by atoms with Gasteiger partial charge in [-0.1, -0.05) is 11.8 Å². The van der Waals surface area contributed by atoms with E-state index in [0.29, 0.717) is 10.8 Å². The van der Waals surface area contributed by atoms with E-state index >= 15 is 0 Å². The molecule has 1 aromatic carbocycles. The van der Waals surface area contributed by atoms with Gasteiger partial charge in [0, 0.05) is 16.8 Å². The van der Waals surface area contributed by atoms with Gasteiger partial charge in [-0.2, -0.15) is 0 Å². The van der Waals surface area contributed by atoms with Crippen LogP contribution in [0.25, 0.3) is 0 Å². The number of anilines is 1. The second kappa shape index (κ2) is 5.78. The Balaban J connectivity index is 2.24. The highest BCUT2D eigenvalue weighted by molar-refractivity contribution is 7.99. The van der Waals surface area contributed by atoms with E-state index in [1.807, 2.05) is 13.0 Å². The Labute approximate surface area is 121 Å². The molecule has 0 aliphatic heterocycles. The Morgan fingerprint density at radius 2 is 1.85 bits per heavy atom. The number of hydrogen-bond acceptors (Lipinski definition) is 7. The molecule has 6 nitrogen and oxygen atoms in total. The van der Waals surface area contributed by atoms with Gasteiger partial charge in [0.25, 0.3) is 0 Å². The number of rotatable bonds is 4. The van der Waals surface area contributed by atoms with Gasteiger partial charge in [-0.05, 0) is 37.3 Å². The highest BCUT2D eigenvalue weighted by Crippen LogP contribution is 2.27. The average Bonchev–Trinajstić information content (AvgIpc) is 2.37. The molecule has 1 heterocycles. The number of nitrogen functional groups attached to an aromatic ring is 1. The monoisotopic (exact) mass is 310 g/mol. The van der Waals surface area contributed by atoms with E-state index in [1.165, 1.54) is 18.0 Å². The van der Waals surface area contributed by atoms with Crippen LogP contribution in [0.15, 0.2) is 45.1 Å². The maximum atomic E-state index is 11.4. The maximum absolute atomic E-state index is 11.4. The van der Waals surface area contributed by atoms with Crippen LogP contribution in [0.4, 0.5) is 5.95 Å². The quantitative estimate of drug-likeness (QED) is 0.503. The minimum absolute atomic E-state index is 0.296. The van der Waals surface area contributed by atoms with Crippen molar-refractivity contribution in [3.05, 3.63) is 36.0 Å². The molecular weight excluding hydrogens is 296 g/mol. The fourth-order valence-corrected chi connectivity index (χ4v) is 3.04. The smallest absolute Gasteiger partial charge is 0.238 e. The molecule has 0 fully saturated rings. The van der Waals surface area contributed by atoms with Gasteiger partial charge < -0.3 is 0 Å². The second-order valence-corrected chi connectivity index (χ2v) is 7.27. The number of aryl methyl sites for hydroxylation is 1. The number of hydrogen-bond donors (Lipinski definition) is 2. The van der Waals surface area contributed by atoms with Gasteiger partial charge >= 0.3 is 0 Å². The number of nitrogens with zero attached hydrogens (tertiary/aromatic N) is 2. The first-order valence-corrected chi connectivity index (χ1v) is 8.39. The molecule has 0 aliphatic rings. The van der Waals surface area contributed by atoms with Crippen molar-refractivity contribution in [2.75, 3.05) is 11.7 Å². The summed E-state index contributed by atoms with van der Waals surface area (Å²) >= 11 is 1.41. The molecule has 8 heteroatoms. The van der Waals surface area contributed by atoms with Crippen LogP contribution in [-0.4, -0.2) is 24.6 Å². The van der Waals surface area contributed by atoms with Crippen LogP contribution >= 0.6 is 11.8 Å². The molecule has 0 atom stereocenters. The molecule has 0 aliphatic carbocycles. The molecule has 0 bridgehead atoms. The summed E-state index contributed by atoms with van der Waals surface area (Å²) in [4.78, 5) is 9.50. The molecule has 1 aromatic heterocycles. The van der Waals surface area contributed by atoms with Crippen LogP contribution in [-0.2, 0) is 9.84 Å². The molecular formula is C12H14N4O2S2. The van der Waals surface area contributed by atoms with Gasteiger partial charge in [0.05, 0.1) is 4.90 Å².